The van der Waals surface area contributed by atoms with Gasteiger partial charge in [0.05, 0.1) is 19.3 Å². The number of benzene rings is 1. The summed E-state index contributed by atoms with van der Waals surface area (Å²) in [6.45, 7) is 0.521. The lowest BCUT2D eigenvalue weighted by Gasteiger charge is -2.06. The Kier molecular flexibility index (Phi) is 3.29. The zero-order valence-corrected chi connectivity index (χ0v) is 9.51. The summed E-state index contributed by atoms with van der Waals surface area (Å²) in [5.41, 5.74) is 0.651. The van der Waals surface area contributed by atoms with Crippen LogP contribution in [0.15, 0.2) is 18.2 Å². The molecule has 0 aliphatic rings. The van der Waals surface area contributed by atoms with Gasteiger partial charge in [0.1, 0.15) is 0 Å². The summed E-state index contributed by atoms with van der Waals surface area (Å²) in [5, 5.41) is 14.2. The smallest absolute Gasteiger partial charge is 0.170 e. The van der Waals surface area contributed by atoms with Crippen molar-refractivity contribution in [1.29, 1.82) is 0 Å². The van der Waals surface area contributed by atoms with E-state index < -0.39 is 5.82 Å². The van der Waals surface area contributed by atoms with Gasteiger partial charge >= 0.3 is 0 Å². The fourth-order valence-electron chi connectivity index (χ4n) is 1.45. The highest BCUT2D eigenvalue weighted by Gasteiger charge is 2.10. The molecule has 6 nitrogen and oxygen atoms in total. The van der Waals surface area contributed by atoms with E-state index in [1.54, 1.807) is 19.2 Å². The summed E-state index contributed by atoms with van der Waals surface area (Å²) in [5.74, 6) is 0.383. The van der Waals surface area contributed by atoms with E-state index in [0.29, 0.717) is 18.1 Å². The summed E-state index contributed by atoms with van der Waals surface area (Å²) < 4.78 is 19.7. The number of hydrogen-bond acceptors (Lipinski definition) is 5. The van der Waals surface area contributed by atoms with Gasteiger partial charge in [-0.2, -0.15) is 4.68 Å². The lowest BCUT2D eigenvalue weighted by molar-refractivity contribution is 0.386. The molecule has 17 heavy (non-hydrogen) atoms. The van der Waals surface area contributed by atoms with E-state index >= 15 is 0 Å². The van der Waals surface area contributed by atoms with Crippen LogP contribution in [-0.4, -0.2) is 34.4 Å². The van der Waals surface area contributed by atoms with E-state index in [0.717, 1.165) is 0 Å². The van der Waals surface area contributed by atoms with Crippen molar-refractivity contribution in [3.05, 3.63) is 29.8 Å². The van der Waals surface area contributed by atoms with Gasteiger partial charge in [0.25, 0.3) is 0 Å². The topological polar surface area (TPSA) is 64.9 Å². The van der Waals surface area contributed by atoms with Crippen molar-refractivity contribution >= 4 is 0 Å². The van der Waals surface area contributed by atoms with Gasteiger partial charge in [-0.15, -0.1) is 5.10 Å². The van der Waals surface area contributed by atoms with Crippen LogP contribution in [0.3, 0.4) is 0 Å². The second kappa shape index (κ2) is 4.88. The zero-order chi connectivity index (χ0) is 12.3. The first-order chi connectivity index (χ1) is 8.26. The minimum atomic E-state index is -0.417. The molecule has 0 spiro atoms. The second-order valence-electron chi connectivity index (χ2n) is 3.36. The van der Waals surface area contributed by atoms with Crippen LogP contribution in [0.25, 0.3) is 5.69 Å². The van der Waals surface area contributed by atoms with Gasteiger partial charge in [-0.25, -0.2) is 4.39 Å². The molecule has 1 aromatic carbocycles. The van der Waals surface area contributed by atoms with Crippen LogP contribution in [-0.2, 0) is 6.54 Å². The Hall–Kier alpha value is -2.02. The minimum Gasteiger partial charge on any atom is -0.494 e. The quantitative estimate of drug-likeness (QED) is 0.840. The molecule has 7 heteroatoms. The van der Waals surface area contributed by atoms with Crippen molar-refractivity contribution in [3.8, 4) is 11.4 Å². The number of nitrogens with one attached hydrogen (secondary N) is 1. The Bertz CT molecular complexity index is 513. The predicted molar refractivity (Wildman–Crippen MR) is 58.4 cm³/mol. The highest BCUT2D eigenvalue weighted by Crippen LogP contribution is 2.20. The summed E-state index contributed by atoms with van der Waals surface area (Å²) in [6, 6.07) is 4.46. The number of ether oxygens (including phenoxy) is 1. The summed E-state index contributed by atoms with van der Waals surface area (Å²) in [7, 11) is 3.21. The summed E-state index contributed by atoms with van der Waals surface area (Å²) in [6.07, 6.45) is 0. The molecule has 0 atom stereocenters. The van der Waals surface area contributed by atoms with Crippen LogP contribution in [0.2, 0.25) is 0 Å². The first-order valence-electron chi connectivity index (χ1n) is 5.02. The van der Waals surface area contributed by atoms with E-state index in [4.69, 9.17) is 4.74 Å². The van der Waals surface area contributed by atoms with Gasteiger partial charge in [-0.05, 0) is 29.6 Å². The first kappa shape index (κ1) is 11.5. The fraction of sp³-hybridized carbons (Fsp3) is 0.300. The Morgan fingerprint density at radius 3 is 3.00 bits per heavy atom. The molecule has 90 valence electrons. The Morgan fingerprint density at radius 1 is 1.47 bits per heavy atom. The maximum Gasteiger partial charge on any atom is 0.170 e. The van der Waals surface area contributed by atoms with Crippen LogP contribution in [0.5, 0.6) is 5.75 Å². The molecule has 0 radical (unpaired) electrons. The van der Waals surface area contributed by atoms with Crippen LogP contribution in [0, 0.1) is 5.82 Å². The van der Waals surface area contributed by atoms with Gasteiger partial charge in [0.2, 0.25) is 0 Å². The van der Waals surface area contributed by atoms with Gasteiger partial charge in [0.15, 0.2) is 17.4 Å². The van der Waals surface area contributed by atoms with Crippen LogP contribution >= 0.6 is 0 Å². The maximum absolute atomic E-state index is 13.3. The molecule has 2 aromatic rings. The average molecular weight is 237 g/mol. The molecule has 0 bridgehead atoms. The van der Waals surface area contributed by atoms with Crippen LogP contribution in [0.1, 0.15) is 5.82 Å². The molecule has 0 aliphatic heterocycles. The normalized spacial score (nSPS) is 10.5. The van der Waals surface area contributed by atoms with E-state index in [-0.39, 0.29) is 5.75 Å². The van der Waals surface area contributed by atoms with Crippen LogP contribution < -0.4 is 10.1 Å². The molecule has 0 saturated carbocycles. The van der Waals surface area contributed by atoms with E-state index in [9.17, 15) is 4.39 Å². The molecule has 1 heterocycles. The number of halogens is 1. The highest BCUT2D eigenvalue weighted by molar-refractivity contribution is 5.39. The molecule has 0 unspecified atom stereocenters. The van der Waals surface area contributed by atoms with Crippen molar-refractivity contribution in [1.82, 2.24) is 25.5 Å². The number of methoxy groups -OCH3 is 1. The van der Waals surface area contributed by atoms with Crippen LogP contribution in [0.4, 0.5) is 4.39 Å². The van der Waals surface area contributed by atoms with Crippen molar-refractivity contribution < 1.29 is 9.13 Å². The number of nitrogens with zero attached hydrogens (tertiary/aromatic N) is 4. The largest absolute Gasteiger partial charge is 0.494 e. The third kappa shape index (κ3) is 2.23. The second-order valence-corrected chi connectivity index (χ2v) is 3.36. The third-order valence-corrected chi connectivity index (χ3v) is 2.25. The molecule has 1 N–H and O–H groups in total. The SMILES string of the molecule is CNCc1nnnn1-c1ccc(F)c(OC)c1. The van der Waals surface area contributed by atoms with E-state index in [1.807, 2.05) is 0 Å². The summed E-state index contributed by atoms with van der Waals surface area (Å²) >= 11 is 0. The summed E-state index contributed by atoms with van der Waals surface area (Å²) in [4.78, 5) is 0. The predicted octanol–water partition coefficient (Wildman–Crippen LogP) is 0.529. The molecule has 0 aliphatic carbocycles. The lowest BCUT2D eigenvalue weighted by atomic mass is 10.3. The number of rotatable bonds is 4. The molecular weight excluding hydrogens is 225 g/mol. The fourth-order valence-corrected chi connectivity index (χ4v) is 1.45. The van der Waals surface area contributed by atoms with Gasteiger partial charge < -0.3 is 10.1 Å². The van der Waals surface area contributed by atoms with E-state index in [1.165, 1.54) is 17.9 Å². The van der Waals surface area contributed by atoms with Gasteiger partial charge in [-0.3, -0.25) is 0 Å². The molecule has 0 saturated heterocycles. The van der Waals surface area contributed by atoms with E-state index in [2.05, 4.69) is 20.8 Å². The first-order valence-corrected chi connectivity index (χ1v) is 5.02. The van der Waals surface area contributed by atoms with Crippen molar-refractivity contribution in [3.63, 3.8) is 0 Å². The highest BCUT2D eigenvalue weighted by atomic mass is 19.1. The minimum absolute atomic E-state index is 0.161. The third-order valence-electron chi connectivity index (χ3n) is 2.25. The Morgan fingerprint density at radius 2 is 2.29 bits per heavy atom. The zero-order valence-electron chi connectivity index (χ0n) is 9.51. The lowest BCUT2D eigenvalue weighted by Crippen LogP contribution is -2.12. The van der Waals surface area contributed by atoms with Crippen molar-refractivity contribution in [2.24, 2.45) is 0 Å². The maximum atomic E-state index is 13.3. The van der Waals surface area contributed by atoms with Crippen molar-refractivity contribution in [2.45, 2.75) is 6.54 Å². The Balaban J connectivity index is 2.42. The molecular formula is C10H12FN5O. The molecule has 1 aromatic heterocycles. The van der Waals surface area contributed by atoms with Gasteiger partial charge in [0, 0.05) is 6.07 Å². The number of tetrazole rings is 1. The monoisotopic (exact) mass is 237 g/mol. The molecule has 0 amide bonds. The molecule has 2 rings (SSSR count). The molecule has 0 fully saturated rings. The average Bonchev–Trinajstić information content (AvgIpc) is 2.78. The number of aromatic nitrogens is 4. The number of hydrogen-bond donors (Lipinski definition) is 1. The Labute approximate surface area is 97.4 Å². The van der Waals surface area contributed by atoms with Crippen molar-refractivity contribution in [2.75, 3.05) is 14.2 Å². The standard InChI is InChI=1S/C10H12FN5O/c1-12-6-10-13-14-15-16(10)7-3-4-8(11)9(5-7)17-2/h3-5,12H,6H2,1-2H3. The van der Waals surface area contributed by atoms with Gasteiger partial charge in [-0.1, -0.05) is 0 Å².